The van der Waals surface area contributed by atoms with E-state index in [1.165, 1.54) is 18.2 Å². The van der Waals surface area contributed by atoms with Crippen molar-refractivity contribution in [2.24, 2.45) is 0 Å². The van der Waals surface area contributed by atoms with E-state index < -0.39 is 32.4 Å². The second-order valence-electron chi connectivity index (χ2n) is 7.06. The van der Waals surface area contributed by atoms with Crippen LogP contribution in [-0.4, -0.2) is 42.0 Å². The molecule has 9 nitrogen and oxygen atoms in total. The molecule has 0 aliphatic carbocycles. The van der Waals surface area contributed by atoms with E-state index in [1.54, 1.807) is 30.3 Å². The number of rotatable bonds is 5. The Morgan fingerprint density at radius 3 is 2.40 bits per heavy atom. The number of fused-ring (bicyclic) bond motifs is 1. The number of sulfone groups is 1. The van der Waals surface area contributed by atoms with Crippen LogP contribution in [0.3, 0.4) is 0 Å². The summed E-state index contributed by atoms with van der Waals surface area (Å²) in [6.45, 7) is 3.12. The van der Waals surface area contributed by atoms with Gasteiger partial charge in [-0.25, -0.2) is 25.8 Å². The molecule has 156 valence electrons. The van der Waals surface area contributed by atoms with E-state index in [0.29, 0.717) is 9.87 Å². The molecule has 2 aromatic carbocycles. The largest absolute Gasteiger partial charge is 0.270 e. The first kappa shape index (κ1) is 20.2. The molecule has 11 heteroatoms. The molecule has 4 rings (SSSR count). The molecule has 0 unspecified atom stereocenters. The molecule has 1 aromatic heterocycles. The van der Waals surface area contributed by atoms with E-state index in [1.807, 2.05) is 13.8 Å². The Hall–Kier alpha value is -3.05. The molecule has 1 aliphatic heterocycles. The fourth-order valence-electron chi connectivity index (χ4n) is 3.36. The minimum atomic E-state index is -4.15. The monoisotopic (exact) mass is 446 g/mol. The number of carbonyl (C=O) groups excluding carboxylic acids is 1. The Labute approximate surface area is 173 Å². The lowest BCUT2D eigenvalue weighted by molar-refractivity contribution is 0.0834. The van der Waals surface area contributed by atoms with Crippen LogP contribution in [0.25, 0.3) is 0 Å². The summed E-state index contributed by atoms with van der Waals surface area (Å²) < 4.78 is 53.5. The average Bonchev–Trinajstić information content (AvgIpc) is 3.27. The third-order valence-corrected chi connectivity index (χ3v) is 8.38. The summed E-state index contributed by atoms with van der Waals surface area (Å²) >= 11 is 0. The van der Waals surface area contributed by atoms with Gasteiger partial charge in [0.15, 0.2) is 5.03 Å². The van der Waals surface area contributed by atoms with Gasteiger partial charge < -0.3 is 0 Å². The van der Waals surface area contributed by atoms with Gasteiger partial charge in [0.2, 0.25) is 9.84 Å². The Morgan fingerprint density at radius 2 is 1.73 bits per heavy atom. The first-order valence-electron chi connectivity index (χ1n) is 9.04. The fourth-order valence-corrected chi connectivity index (χ4v) is 6.20. The molecule has 1 amide bonds. The van der Waals surface area contributed by atoms with Gasteiger partial charge in [-0.1, -0.05) is 49.4 Å². The summed E-state index contributed by atoms with van der Waals surface area (Å²) in [6, 6.07) is 12.3. The van der Waals surface area contributed by atoms with Crippen molar-refractivity contribution in [1.29, 1.82) is 0 Å². The van der Waals surface area contributed by atoms with E-state index in [0.717, 1.165) is 10.9 Å². The minimum Gasteiger partial charge on any atom is -0.268 e. The lowest BCUT2D eigenvalue weighted by Crippen LogP contribution is -2.33. The van der Waals surface area contributed by atoms with Gasteiger partial charge in [0.1, 0.15) is 11.6 Å². The van der Waals surface area contributed by atoms with Gasteiger partial charge in [0.05, 0.1) is 16.7 Å². The SMILES string of the molecule is CC(C)c1cccc2c1C(=O)N(Cn1nncc1S(=O)(=O)c1ccccc1)S2(=O)=O. The Bertz CT molecular complexity index is 1350. The van der Waals surface area contributed by atoms with Gasteiger partial charge >= 0.3 is 0 Å². The van der Waals surface area contributed by atoms with E-state index in [9.17, 15) is 21.6 Å². The molecule has 0 fully saturated rings. The highest BCUT2D eigenvalue weighted by molar-refractivity contribution is 7.91. The highest BCUT2D eigenvalue weighted by Gasteiger charge is 2.43. The topological polar surface area (TPSA) is 119 Å². The Kier molecular flexibility index (Phi) is 4.74. The molecule has 0 atom stereocenters. The summed E-state index contributed by atoms with van der Waals surface area (Å²) in [7, 11) is -8.16. The molecule has 0 N–H and O–H groups in total. The first-order valence-corrected chi connectivity index (χ1v) is 12.0. The summed E-state index contributed by atoms with van der Waals surface area (Å²) in [5.74, 6) is -0.785. The van der Waals surface area contributed by atoms with Gasteiger partial charge in [0.25, 0.3) is 15.9 Å². The summed E-state index contributed by atoms with van der Waals surface area (Å²) in [4.78, 5) is 12.9. The fraction of sp³-hybridized carbons (Fsp3) is 0.211. The standard InChI is InChI=1S/C19H18N4O5S2/c1-13(2)15-9-6-10-16-18(15)19(24)23(30(16,27)28)12-22-17(11-20-21-22)29(25,26)14-7-4-3-5-8-14/h3-11,13H,12H2,1-2H3. The number of carbonyl (C=O) groups is 1. The number of hydrogen-bond donors (Lipinski definition) is 0. The number of hydrogen-bond acceptors (Lipinski definition) is 7. The van der Waals surface area contributed by atoms with Crippen LogP contribution in [-0.2, 0) is 26.5 Å². The number of sulfonamides is 1. The summed E-state index contributed by atoms with van der Waals surface area (Å²) in [5, 5.41) is 7.04. The maximum absolute atomic E-state index is 13.0. The molecular weight excluding hydrogens is 428 g/mol. The molecule has 0 spiro atoms. The second kappa shape index (κ2) is 7.03. The molecule has 0 saturated carbocycles. The predicted octanol–water partition coefficient (Wildman–Crippen LogP) is 2.04. The van der Waals surface area contributed by atoms with Crippen molar-refractivity contribution in [3.8, 4) is 0 Å². The van der Waals surface area contributed by atoms with E-state index in [-0.39, 0.29) is 26.3 Å². The molecule has 2 heterocycles. The predicted molar refractivity (Wildman–Crippen MR) is 106 cm³/mol. The lowest BCUT2D eigenvalue weighted by atomic mass is 9.97. The van der Waals surface area contributed by atoms with Crippen molar-refractivity contribution >= 4 is 25.8 Å². The third kappa shape index (κ3) is 3.01. The van der Waals surface area contributed by atoms with E-state index >= 15 is 0 Å². The van der Waals surface area contributed by atoms with Crippen molar-refractivity contribution < 1.29 is 21.6 Å². The Morgan fingerprint density at radius 1 is 1.03 bits per heavy atom. The zero-order valence-electron chi connectivity index (χ0n) is 16.1. The zero-order valence-corrected chi connectivity index (χ0v) is 17.8. The summed E-state index contributed by atoms with van der Waals surface area (Å²) in [6.07, 6.45) is 1.03. The first-order chi connectivity index (χ1) is 14.2. The molecule has 3 aromatic rings. The number of aromatic nitrogens is 3. The van der Waals surface area contributed by atoms with Crippen molar-refractivity contribution in [1.82, 2.24) is 19.3 Å². The van der Waals surface area contributed by atoms with Gasteiger partial charge in [-0.15, -0.1) is 5.10 Å². The molecular formula is C19H18N4O5S2. The van der Waals surface area contributed by atoms with Crippen LogP contribution < -0.4 is 0 Å². The van der Waals surface area contributed by atoms with Crippen molar-refractivity contribution in [3.63, 3.8) is 0 Å². The van der Waals surface area contributed by atoms with Crippen LogP contribution in [0.4, 0.5) is 0 Å². The lowest BCUT2D eigenvalue weighted by Gasteiger charge is -2.16. The molecule has 30 heavy (non-hydrogen) atoms. The molecule has 1 aliphatic rings. The molecule has 0 saturated heterocycles. The normalized spacial score (nSPS) is 15.6. The van der Waals surface area contributed by atoms with Gasteiger partial charge in [-0.2, -0.15) is 0 Å². The molecule has 0 bridgehead atoms. The van der Waals surface area contributed by atoms with Crippen LogP contribution in [0.5, 0.6) is 0 Å². The number of benzene rings is 2. The quantitative estimate of drug-likeness (QED) is 0.588. The maximum Gasteiger partial charge on any atom is 0.270 e. The smallest absolute Gasteiger partial charge is 0.268 e. The van der Waals surface area contributed by atoms with Gasteiger partial charge in [0, 0.05) is 0 Å². The van der Waals surface area contributed by atoms with Crippen LogP contribution in [0, 0.1) is 0 Å². The van der Waals surface area contributed by atoms with Crippen molar-refractivity contribution in [2.45, 2.75) is 41.3 Å². The van der Waals surface area contributed by atoms with Crippen molar-refractivity contribution in [3.05, 3.63) is 65.9 Å². The highest BCUT2D eigenvalue weighted by atomic mass is 32.2. The third-order valence-electron chi connectivity index (χ3n) is 4.86. The van der Waals surface area contributed by atoms with Crippen LogP contribution in [0.1, 0.15) is 35.7 Å². The van der Waals surface area contributed by atoms with E-state index in [2.05, 4.69) is 10.3 Å². The number of nitrogens with zero attached hydrogens (tertiary/aromatic N) is 4. The zero-order chi connectivity index (χ0) is 21.7. The maximum atomic E-state index is 13.0. The van der Waals surface area contributed by atoms with Crippen LogP contribution >= 0.6 is 0 Å². The van der Waals surface area contributed by atoms with Crippen LogP contribution in [0.2, 0.25) is 0 Å². The highest BCUT2D eigenvalue weighted by Crippen LogP contribution is 2.36. The van der Waals surface area contributed by atoms with E-state index in [4.69, 9.17) is 0 Å². The minimum absolute atomic E-state index is 0.00883. The average molecular weight is 447 g/mol. The van der Waals surface area contributed by atoms with Gasteiger partial charge in [-0.05, 0) is 29.7 Å². The Balaban J connectivity index is 1.77. The van der Waals surface area contributed by atoms with Crippen molar-refractivity contribution in [2.75, 3.05) is 0 Å². The van der Waals surface area contributed by atoms with Gasteiger partial charge in [-0.3, -0.25) is 4.79 Å². The molecule has 0 radical (unpaired) electrons. The van der Waals surface area contributed by atoms with Crippen LogP contribution in [0.15, 0.2) is 69.5 Å². The second-order valence-corrected chi connectivity index (χ2v) is 10.8. The summed E-state index contributed by atoms with van der Waals surface area (Å²) in [5.41, 5.74) is 0.722. The number of amides is 1.